The summed E-state index contributed by atoms with van der Waals surface area (Å²) in [6, 6.07) is 4.60. The maximum Gasteiger partial charge on any atom is 0.272 e. The van der Waals surface area contributed by atoms with Crippen LogP contribution in [0.1, 0.15) is 16.1 Å². The number of amides is 1. The molecule has 0 atom stereocenters. The van der Waals surface area contributed by atoms with Crippen LogP contribution in [-0.2, 0) is 0 Å². The van der Waals surface area contributed by atoms with Crippen molar-refractivity contribution in [3.8, 4) is 17.2 Å². The predicted molar refractivity (Wildman–Crippen MR) is 94.6 cm³/mol. The van der Waals surface area contributed by atoms with Gasteiger partial charge >= 0.3 is 0 Å². The average Bonchev–Trinajstić information content (AvgIpc) is 3.04. The number of hydrogen-bond acceptors (Lipinski definition) is 6. The molecule has 0 fully saturated rings. The van der Waals surface area contributed by atoms with Gasteiger partial charge in [0.1, 0.15) is 5.56 Å². The van der Waals surface area contributed by atoms with E-state index >= 15 is 0 Å². The number of carbonyl (C=O) groups excluding carboxylic acids is 1. The zero-order valence-corrected chi connectivity index (χ0v) is 14.7. The standard InChI is InChI=1S/C17H18N4O5/c1-9-5-14(22)21-16(19-9)11(8-18-21)17(23)20-10-6-12(24-2)15(26-4)13(7-10)25-3/h5-8,18H,1-4H3,(H,20,23). The number of H-pyrrole nitrogens is 1. The van der Waals surface area contributed by atoms with Gasteiger partial charge in [0.2, 0.25) is 5.75 Å². The van der Waals surface area contributed by atoms with Crippen LogP contribution in [0.15, 0.2) is 29.2 Å². The van der Waals surface area contributed by atoms with Crippen LogP contribution < -0.4 is 25.1 Å². The minimum Gasteiger partial charge on any atom is -0.493 e. The number of fused-ring (bicyclic) bond motifs is 1. The number of aromatic amines is 1. The summed E-state index contributed by atoms with van der Waals surface area (Å²) in [5, 5.41) is 5.47. The van der Waals surface area contributed by atoms with E-state index in [0.717, 1.165) is 0 Å². The highest BCUT2D eigenvalue weighted by atomic mass is 16.5. The number of anilines is 1. The first-order chi connectivity index (χ1) is 12.5. The van der Waals surface area contributed by atoms with Crippen molar-refractivity contribution in [2.75, 3.05) is 26.6 Å². The molecule has 0 aliphatic rings. The number of nitrogens with one attached hydrogen (secondary N) is 2. The fourth-order valence-electron chi connectivity index (χ4n) is 2.61. The minimum absolute atomic E-state index is 0.236. The highest BCUT2D eigenvalue weighted by Crippen LogP contribution is 2.40. The summed E-state index contributed by atoms with van der Waals surface area (Å²) in [5.74, 6) is 0.803. The lowest BCUT2D eigenvalue weighted by Crippen LogP contribution is -2.17. The minimum atomic E-state index is -0.435. The van der Waals surface area contributed by atoms with E-state index in [0.29, 0.717) is 28.6 Å². The molecular weight excluding hydrogens is 340 g/mol. The van der Waals surface area contributed by atoms with E-state index in [9.17, 15) is 9.59 Å². The summed E-state index contributed by atoms with van der Waals surface area (Å²) in [7, 11) is 4.47. The molecule has 9 heteroatoms. The zero-order chi connectivity index (χ0) is 18.8. The number of rotatable bonds is 5. The van der Waals surface area contributed by atoms with Crippen molar-refractivity contribution in [2.24, 2.45) is 0 Å². The Morgan fingerprint density at radius 3 is 2.35 bits per heavy atom. The number of ether oxygens (including phenoxy) is 3. The SMILES string of the molecule is COc1cc(NC(=O)c2c[nH]n3c(=O)cc(C)nc23)cc(OC)c1OC. The molecule has 0 radical (unpaired) electrons. The third kappa shape index (κ3) is 2.94. The van der Waals surface area contributed by atoms with Crippen LogP contribution in [0.5, 0.6) is 17.2 Å². The number of aryl methyl sites for hydroxylation is 1. The number of carbonyl (C=O) groups is 1. The van der Waals surface area contributed by atoms with E-state index in [1.807, 2.05) is 0 Å². The molecule has 2 heterocycles. The van der Waals surface area contributed by atoms with Crippen molar-refractivity contribution in [2.45, 2.75) is 6.92 Å². The van der Waals surface area contributed by atoms with Crippen molar-refractivity contribution in [3.05, 3.63) is 46.0 Å². The van der Waals surface area contributed by atoms with E-state index in [4.69, 9.17) is 14.2 Å². The molecule has 0 aliphatic carbocycles. The molecule has 2 N–H and O–H groups in total. The van der Waals surface area contributed by atoms with Gasteiger partial charge in [-0.3, -0.25) is 14.7 Å². The van der Waals surface area contributed by atoms with Crippen LogP contribution >= 0.6 is 0 Å². The molecular formula is C17H18N4O5. The van der Waals surface area contributed by atoms with Crippen molar-refractivity contribution in [3.63, 3.8) is 0 Å². The van der Waals surface area contributed by atoms with Gasteiger partial charge in [0, 0.05) is 35.8 Å². The second kappa shape index (κ2) is 6.79. The topological polar surface area (TPSA) is 107 Å². The molecule has 26 heavy (non-hydrogen) atoms. The summed E-state index contributed by atoms with van der Waals surface area (Å²) in [6.45, 7) is 1.69. The Labute approximate surface area is 148 Å². The van der Waals surface area contributed by atoms with E-state index in [1.165, 1.54) is 38.1 Å². The van der Waals surface area contributed by atoms with Gasteiger partial charge in [-0.05, 0) is 6.92 Å². The number of hydrogen-bond donors (Lipinski definition) is 2. The zero-order valence-electron chi connectivity index (χ0n) is 14.7. The number of benzene rings is 1. The largest absolute Gasteiger partial charge is 0.493 e. The summed E-state index contributed by atoms with van der Waals surface area (Å²) in [4.78, 5) is 28.9. The molecule has 0 saturated carbocycles. The maximum absolute atomic E-state index is 12.7. The number of aromatic nitrogens is 3. The van der Waals surface area contributed by atoms with Crippen molar-refractivity contribution >= 4 is 17.2 Å². The number of methoxy groups -OCH3 is 3. The first-order valence-electron chi connectivity index (χ1n) is 7.67. The molecule has 3 rings (SSSR count). The predicted octanol–water partition coefficient (Wildman–Crippen LogP) is 1.61. The summed E-state index contributed by atoms with van der Waals surface area (Å²) >= 11 is 0. The van der Waals surface area contributed by atoms with Crippen LogP contribution in [-0.4, -0.2) is 41.8 Å². The van der Waals surface area contributed by atoms with E-state index in [-0.39, 0.29) is 16.8 Å². The molecule has 136 valence electrons. The third-order valence-electron chi connectivity index (χ3n) is 3.79. The monoisotopic (exact) mass is 358 g/mol. The summed E-state index contributed by atoms with van der Waals surface area (Å²) in [5.41, 5.74) is 1.16. The molecule has 3 aromatic rings. The van der Waals surface area contributed by atoms with Crippen molar-refractivity contribution in [1.82, 2.24) is 14.6 Å². The number of nitrogens with zero attached hydrogens (tertiary/aromatic N) is 2. The van der Waals surface area contributed by atoms with Crippen LogP contribution in [0.3, 0.4) is 0 Å². The fraction of sp³-hybridized carbons (Fsp3) is 0.235. The van der Waals surface area contributed by atoms with Gasteiger partial charge in [0.05, 0.1) is 21.3 Å². The van der Waals surface area contributed by atoms with Crippen molar-refractivity contribution < 1.29 is 19.0 Å². The Morgan fingerprint density at radius 1 is 1.12 bits per heavy atom. The van der Waals surface area contributed by atoms with Crippen LogP contribution in [0, 0.1) is 6.92 Å². The quantitative estimate of drug-likeness (QED) is 0.718. The van der Waals surface area contributed by atoms with Gasteiger partial charge in [-0.15, -0.1) is 0 Å². The lowest BCUT2D eigenvalue weighted by Gasteiger charge is -2.14. The van der Waals surface area contributed by atoms with Gasteiger partial charge < -0.3 is 19.5 Å². The van der Waals surface area contributed by atoms with E-state index in [1.54, 1.807) is 19.1 Å². The van der Waals surface area contributed by atoms with Gasteiger partial charge in [0.25, 0.3) is 11.5 Å². The lowest BCUT2D eigenvalue weighted by molar-refractivity contribution is 0.102. The Hall–Kier alpha value is -3.49. The summed E-state index contributed by atoms with van der Waals surface area (Å²) in [6.07, 6.45) is 1.43. The molecule has 1 amide bonds. The first kappa shape index (κ1) is 17.3. The Kier molecular flexibility index (Phi) is 4.53. The van der Waals surface area contributed by atoms with Crippen LogP contribution in [0.25, 0.3) is 5.65 Å². The molecule has 0 aliphatic heterocycles. The smallest absolute Gasteiger partial charge is 0.272 e. The maximum atomic E-state index is 12.7. The molecule has 9 nitrogen and oxygen atoms in total. The lowest BCUT2D eigenvalue weighted by atomic mass is 10.2. The highest BCUT2D eigenvalue weighted by Gasteiger charge is 2.18. The third-order valence-corrected chi connectivity index (χ3v) is 3.79. The normalized spacial score (nSPS) is 10.6. The van der Waals surface area contributed by atoms with Gasteiger partial charge in [-0.25, -0.2) is 9.50 Å². The Balaban J connectivity index is 2.00. The van der Waals surface area contributed by atoms with E-state index < -0.39 is 5.91 Å². The highest BCUT2D eigenvalue weighted by molar-refractivity contribution is 6.08. The second-order valence-corrected chi connectivity index (χ2v) is 5.45. The fourth-order valence-corrected chi connectivity index (χ4v) is 2.61. The van der Waals surface area contributed by atoms with Gasteiger partial charge in [0.15, 0.2) is 17.1 Å². The Bertz CT molecular complexity index is 1010. The molecule has 0 bridgehead atoms. The molecule has 0 saturated heterocycles. The Morgan fingerprint density at radius 2 is 1.77 bits per heavy atom. The molecule has 2 aromatic heterocycles. The van der Waals surface area contributed by atoms with Crippen LogP contribution in [0.2, 0.25) is 0 Å². The van der Waals surface area contributed by atoms with Crippen LogP contribution in [0.4, 0.5) is 5.69 Å². The van der Waals surface area contributed by atoms with Gasteiger partial charge in [-0.1, -0.05) is 0 Å². The molecule has 1 aromatic carbocycles. The summed E-state index contributed by atoms with van der Waals surface area (Å²) < 4.78 is 17.0. The molecule has 0 unspecified atom stereocenters. The van der Waals surface area contributed by atoms with Gasteiger partial charge in [-0.2, -0.15) is 0 Å². The molecule has 0 spiro atoms. The van der Waals surface area contributed by atoms with E-state index in [2.05, 4.69) is 15.4 Å². The average molecular weight is 358 g/mol. The first-order valence-corrected chi connectivity index (χ1v) is 7.67. The van der Waals surface area contributed by atoms with Crippen molar-refractivity contribution in [1.29, 1.82) is 0 Å². The second-order valence-electron chi connectivity index (χ2n) is 5.45.